The Balaban J connectivity index is 2.08. The lowest BCUT2D eigenvalue weighted by atomic mass is 9.82. The molecule has 2 aliphatic rings. The van der Waals surface area contributed by atoms with Gasteiger partial charge < -0.3 is 14.7 Å². The molecule has 3 rings (SSSR count). The highest BCUT2D eigenvalue weighted by molar-refractivity contribution is 7.15. The van der Waals surface area contributed by atoms with Gasteiger partial charge in [0, 0.05) is 24.4 Å². The highest BCUT2D eigenvalue weighted by Gasteiger charge is 2.39. The lowest BCUT2D eigenvalue weighted by Crippen LogP contribution is -2.54. The highest BCUT2D eigenvalue weighted by atomic mass is 32.1. The maximum absolute atomic E-state index is 13.9. The predicted octanol–water partition coefficient (Wildman–Crippen LogP) is 3.86. The molecule has 1 aliphatic carbocycles. The van der Waals surface area contributed by atoms with E-state index >= 15 is 0 Å². The van der Waals surface area contributed by atoms with Gasteiger partial charge in [0.1, 0.15) is 4.88 Å². The molecule has 1 N–H and O–H groups in total. The van der Waals surface area contributed by atoms with E-state index in [1.807, 2.05) is 20.8 Å². The van der Waals surface area contributed by atoms with E-state index in [0.717, 1.165) is 24.2 Å². The maximum atomic E-state index is 13.9. The summed E-state index contributed by atoms with van der Waals surface area (Å²) >= 11 is 0.996. The van der Waals surface area contributed by atoms with Gasteiger partial charge in [0.05, 0.1) is 23.8 Å². The van der Waals surface area contributed by atoms with E-state index in [0.29, 0.717) is 49.9 Å². The van der Waals surface area contributed by atoms with Gasteiger partial charge in [-0.05, 0) is 58.4 Å². The Morgan fingerprint density at radius 1 is 1.20 bits per heavy atom. The van der Waals surface area contributed by atoms with Crippen LogP contribution in [0.3, 0.4) is 0 Å². The zero-order valence-electron chi connectivity index (χ0n) is 20.9. The number of rotatable bonds is 5. The molecular formula is C27H34N2O5S. The number of aromatic carboxylic acids is 1. The van der Waals surface area contributed by atoms with Crippen molar-refractivity contribution in [2.24, 2.45) is 17.3 Å². The van der Waals surface area contributed by atoms with Crippen molar-refractivity contribution in [3.05, 3.63) is 15.8 Å². The zero-order chi connectivity index (χ0) is 25.8. The van der Waals surface area contributed by atoms with E-state index in [2.05, 4.69) is 24.7 Å². The molecule has 1 unspecified atom stereocenters. The first-order valence-corrected chi connectivity index (χ1v) is 12.9. The van der Waals surface area contributed by atoms with Gasteiger partial charge in [-0.3, -0.25) is 14.5 Å². The fourth-order valence-electron chi connectivity index (χ4n) is 4.33. The Labute approximate surface area is 211 Å². The molecule has 1 saturated heterocycles. The normalized spacial score (nSPS) is 21.3. The van der Waals surface area contributed by atoms with Crippen molar-refractivity contribution in [1.29, 1.82) is 0 Å². The Hall–Kier alpha value is -2.81. The second-order valence-electron chi connectivity index (χ2n) is 10.3. The van der Waals surface area contributed by atoms with Crippen LogP contribution in [0.2, 0.25) is 0 Å². The van der Waals surface area contributed by atoms with Crippen LogP contribution < -0.4 is 4.90 Å². The van der Waals surface area contributed by atoms with Crippen molar-refractivity contribution >= 4 is 34.8 Å². The summed E-state index contributed by atoms with van der Waals surface area (Å²) in [7, 11) is 0. The molecule has 1 aromatic heterocycles. The van der Waals surface area contributed by atoms with Gasteiger partial charge in [0.15, 0.2) is 6.04 Å². The van der Waals surface area contributed by atoms with Crippen LogP contribution in [0.5, 0.6) is 0 Å². The van der Waals surface area contributed by atoms with Gasteiger partial charge >= 0.3 is 5.97 Å². The lowest BCUT2D eigenvalue weighted by Gasteiger charge is -2.36. The molecule has 0 bridgehead atoms. The highest BCUT2D eigenvalue weighted by Crippen LogP contribution is 2.36. The number of hydrogen-bond donors (Lipinski definition) is 1. The van der Waals surface area contributed by atoms with E-state index in [-0.39, 0.29) is 27.8 Å². The first kappa shape index (κ1) is 26.8. The number of nitrogens with zero attached hydrogens (tertiary/aromatic N) is 2. The minimum Gasteiger partial charge on any atom is -0.477 e. The molecule has 1 aromatic rings. The van der Waals surface area contributed by atoms with Crippen LogP contribution in [0.25, 0.3) is 0 Å². The monoisotopic (exact) mass is 498 g/mol. The Morgan fingerprint density at radius 2 is 1.83 bits per heavy atom. The summed E-state index contributed by atoms with van der Waals surface area (Å²) < 4.78 is 5.35. The summed E-state index contributed by atoms with van der Waals surface area (Å²) in [6.07, 6.45) is 9.03. The Morgan fingerprint density at radius 3 is 2.37 bits per heavy atom. The Kier molecular flexibility index (Phi) is 8.64. The third-order valence-electron chi connectivity index (χ3n) is 6.30. The number of carboxylic acid groups (broad SMARTS) is 1. The van der Waals surface area contributed by atoms with Crippen LogP contribution in [0.4, 0.5) is 5.69 Å². The summed E-state index contributed by atoms with van der Waals surface area (Å²) in [6, 6.07) is 0.351. The maximum Gasteiger partial charge on any atom is 0.348 e. The van der Waals surface area contributed by atoms with Gasteiger partial charge in [-0.25, -0.2) is 4.79 Å². The van der Waals surface area contributed by atoms with Gasteiger partial charge in [0.25, 0.3) is 5.91 Å². The molecule has 0 aromatic carbocycles. The fraction of sp³-hybridized carbons (Fsp3) is 0.593. The SMILES string of the molecule is C#CC(C(=O)N1CCOCC1)N(C(=O)C1CCC(C)CC1)c1cc(C#CC(C)(C)C)sc1C(=O)O. The molecule has 0 radical (unpaired) electrons. The lowest BCUT2D eigenvalue weighted by molar-refractivity contribution is -0.137. The largest absolute Gasteiger partial charge is 0.477 e. The number of thiophene rings is 1. The number of carboxylic acids is 1. The number of amides is 2. The van der Waals surface area contributed by atoms with E-state index < -0.39 is 17.9 Å². The molecule has 188 valence electrons. The number of terminal acetylenes is 1. The quantitative estimate of drug-likeness (QED) is 0.623. The van der Waals surface area contributed by atoms with Gasteiger partial charge in [0.2, 0.25) is 5.91 Å². The average Bonchev–Trinajstić information content (AvgIpc) is 3.25. The molecule has 2 heterocycles. The van der Waals surface area contributed by atoms with Gasteiger partial charge in [-0.2, -0.15) is 0 Å². The summed E-state index contributed by atoms with van der Waals surface area (Å²) in [5.41, 5.74) is -0.135. The van der Waals surface area contributed by atoms with Crippen LogP contribution in [-0.2, 0) is 14.3 Å². The molecule has 2 amide bonds. The molecule has 1 aliphatic heterocycles. The molecular weight excluding hydrogens is 464 g/mol. The topological polar surface area (TPSA) is 87.2 Å². The van der Waals surface area contributed by atoms with E-state index in [4.69, 9.17) is 11.2 Å². The number of carbonyl (C=O) groups excluding carboxylic acids is 2. The molecule has 35 heavy (non-hydrogen) atoms. The van der Waals surface area contributed by atoms with Gasteiger partial charge in [-0.1, -0.05) is 24.7 Å². The van der Waals surface area contributed by atoms with E-state index in [9.17, 15) is 19.5 Å². The van der Waals surface area contributed by atoms with Crippen molar-refractivity contribution < 1.29 is 24.2 Å². The van der Waals surface area contributed by atoms with Crippen LogP contribution >= 0.6 is 11.3 Å². The van der Waals surface area contributed by atoms with Crippen LogP contribution in [0.15, 0.2) is 6.07 Å². The van der Waals surface area contributed by atoms with E-state index in [1.165, 1.54) is 4.90 Å². The molecule has 7 nitrogen and oxygen atoms in total. The Bertz CT molecular complexity index is 1050. The number of hydrogen-bond acceptors (Lipinski definition) is 5. The molecule has 0 spiro atoms. The fourth-order valence-corrected chi connectivity index (χ4v) is 5.17. The predicted molar refractivity (Wildman–Crippen MR) is 136 cm³/mol. The van der Waals surface area contributed by atoms with Crippen molar-refractivity contribution in [3.63, 3.8) is 0 Å². The van der Waals surface area contributed by atoms with Crippen molar-refractivity contribution in [1.82, 2.24) is 4.90 Å². The van der Waals surface area contributed by atoms with Gasteiger partial charge in [-0.15, -0.1) is 17.8 Å². The zero-order valence-corrected chi connectivity index (χ0v) is 21.7. The van der Waals surface area contributed by atoms with Crippen LogP contribution in [0.1, 0.15) is 67.9 Å². The standard InChI is InChI=1S/C27H34N2O5S/c1-6-21(25(31)28-13-15-34-16-14-28)29(24(30)19-9-7-18(2)8-10-19)22-17-20(11-12-27(3,4)5)35-23(22)26(32)33/h1,17-19,21H,7-10,13-16H2,2-5H3,(H,32,33). The smallest absolute Gasteiger partial charge is 0.348 e. The summed E-state index contributed by atoms with van der Waals surface area (Å²) in [4.78, 5) is 42.9. The first-order chi connectivity index (χ1) is 16.5. The van der Waals surface area contributed by atoms with Crippen molar-refractivity contribution in [2.45, 2.75) is 59.4 Å². The van der Waals surface area contributed by atoms with E-state index in [1.54, 1.807) is 11.0 Å². The number of ether oxygens (including phenoxy) is 1. The van der Waals surface area contributed by atoms with Crippen LogP contribution in [0, 0.1) is 41.4 Å². The minimum atomic E-state index is -1.24. The minimum absolute atomic E-state index is 0.0456. The third-order valence-corrected chi connectivity index (χ3v) is 7.33. The summed E-state index contributed by atoms with van der Waals surface area (Å²) in [6.45, 7) is 9.57. The third kappa shape index (κ3) is 6.66. The second kappa shape index (κ2) is 11.3. The number of morpholine rings is 1. The summed E-state index contributed by atoms with van der Waals surface area (Å²) in [5, 5.41) is 9.99. The molecule has 1 atom stereocenters. The van der Waals surface area contributed by atoms with Crippen LogP contribution in [-0.4, -0.2) is 60.1 Å². The number of anilines is 1. The number of carbonyl (C=O) groups is 3. The molecule has 2 fully saturated rings. The second-order valence-corrected chi connectivity index (χ2v) is 11.4. The first-order valence-electron chi connectivity index (χ1n) is 12.1. The average molecular weight is 499 g/mol. The molecule has 8 heteroatoms. The van der Waals surface area contributed by atoms with Crippen molar-refractivity contribution in [3.8, 4) is 24.2 Å². The summed E-state index contributed by atoms with van der Waals surface area (Å²) in [5.74, 6) is 6.99. The van der Waals surface area contributed by atoms with Crippen molar-refractivity contribution in [2.75, 3.05) is 31.2 Å². The molecule has 1 saturated carbocycles.